The van der Waals surface area contributed by atoms with Crippen LogP contribution in [0.3, 0.4) is 0 Å². The first-order valence-electron chi connectivity index (χ1n) is 8.42. The Balaban J connectivity index is 1.79. The second-order valence-corrected chi connectivity index (χ2v) is 6.24. The molecule has 8 heteroatoms. The summed E-state index contributed by atoms with van der Waals surface area (Å²) >= 11 is 0. The van der Waals surface area contributed by atoms with E-state index in [2.05, 4.69) is 10.6 Å². The fraction of sp³-hybridized carbons (Fsp3) is 0.444. The summed E-state index contributed by atoms with van der Waals surface area (Å²) in [6.07, 6.45) is 0.0617. The van der Waals surface area contributed by atoms with Gasteiger partial charge in [-0.05, 0) is 38.5 Å². The number of urea groups is 1. The molecule has 0 radical (unpaired) electrons. The SMILES string of the molecule is CC1=C(C(=O)OCCOC(C)C)[C@H](c2ccc3c(c2)OCO3)NC(=O)N1. The number of allylic oxidation sites excluding steroid dienone is 1. The van der Waals surface area contributed by atoms with Crippen molar-refractivity contribution in [3.05, 3.63) is 35.0 Å². The molecule has 140 valence electrons. The lowest BCUT2D eigenvalue weighted by molar-refractivity contribution is -0.141. The summed E-state index contributed by atoms with van der Waals surface area (Å²) in [5.74, 6) is 0.695. The Kier molecular flexibility index (Phi) is 5.32. The van der Waals surface area contributed by atoms with E-state index in [-0.39, 0.29) is 25.5 Å². The Morgan fingerprint density at radius 2 is 2.04 bits per heavy atom. The summed E-state index contributed by atoms with van der Waals surface area (Å²) in [4.78, 5) is 24.5. The van der Waals surface area contributed by atoms with Gasteiger partial charge in [0.25, 0.3) is 0 Å². The zero-order valence-electron chi connectivity index (χ0n) is 15.0. The number of benzene rings is 1. The Hall–Kier alpha value is -2.74. The summed E-state index contributed by atoms with van der Waals surface area (Å²) < 4.78 is 21.4. The van der Waals surface area contributed by atoms with Crippen molar-refractivity contribution >= 4 is 12.0 Å². The highest BCUT2D eigenvalue weighted by Gasteiger charge is 2.33. The average molecular weight is 362 g/mol. The molecule has 26 heavy (non-hydrogen) atoms. The second-order valence-electron chi connectivity index (χ2n) is 6.24. The molecule has 2 heterocycles. The van der Waals surface area contributed by atoms with Crippen LogP contribution < -0.4 is 20.1 Å². The van der Waals surface area contributed by atoms with Crippen molar-refractivity contribution in [3.63, 3.8) is 0 Å². The topological polar surface area (TPSA) is 95.1 Å². The standard InChI is InChI=1S/C18H22N2O6/c1-10(2)23-6-7-24-17(21)15-11(3)19-18(22)20-16(15)12-4-5-13-14(8-12)26-9-25-13/h4-5,8,10,16H,6-7,9H2,1-3H3,(H2,19,20,22)/t16-/m0/s1. The molecule has 0 spiro atoms. The van der Waals surface area contributed by atoms with E-state index >= 15 is 0 Å². The lowest BCUT2D eigenvalue weighted by atomic mass is 9.95. The van der Waals surface area contributed by atoms with Crippen LogP contribution in [-0.4, -0.2) is 38.1 Å². The number of hydrogen-bond donors (Lipinski definition) is 2. The minimum atomic E-state index is -0.642. The number of nitrogens with one attached hydrogen (secondary N) is 2. The quantitative estimate of drug-likeness (QED) is 0.594. The van der Waals surface area contributed by atoms with Gasteiger partial charge >= 0.3 is 12.0 Å². The molecule has 0 unspecified atom stereocenters. The van der Waals surface area contributed by atoms with E-state index in [0.29, 0.717) is 34.9 Å². The number of hydrogen-bond acceptors (Lipinski definition) is 6. The first kappa shape index (κ1) is 18.1. The Labute approximate surface area is 151 Å². The van der Waals surface area contributed by atoms with Crippen LogP contribution in [0, 0.1) is 0 Å². The number of ether oxygens (including phenoxy) is 4. The molecule has 3 rings (SSSR count). The number of carbonyl (C=O) groups is 2. The predicted octanol–water partition coefficient (Wildman–Crippen LogP) is 2.01. The molecule has 0 aliphatic carbocycles. The normalized spacial score (nSPS) is 18.6. The van der Waals surface area contributed by atoms with E-state index in [1.165, 1.54) is 0 Å². The van der Waals surface area contributed by atoms with Gasteiger partial charge in [-0.15, -0.1) is 0 Å². The van der Waals surface area contributed by atoms with Gasteiger partial charge in [-0.2, -0.15) is 0 Å². The van der Waals surface area contributed by atoms with Gasteiger partial charge in [-0.25, -0.2) is 9.59 Å². The van der Waals surface area contributed by atoms with Gasteiger partial charge in [0.15, 0.2) is 11.5 Å². The number of fused-ring (bicyclic) bond motifs is 1. The predicted molar refractivity (Wildman–Crippen MR) is 91.7 cm³/mol. The number of carbonyl (C=O) groups excluding carboxylic acids is 2. The van der Waals surface area contributed by atoms with E-state index in [4.69, 9.17) is 18.9 Å². The first-order chi connectivity index (χ1) is 12.5. The maximum Gasteiger partial charge on any atom is 0.338 e. The van der Waals surface area contributed by atoms with Gasteiger partial charge in [0, 0.05) is 5.70 Å². The Bertz CT molecular complexity index is 743. The summed E-state index contributed by atoms with van der Waals surface area (Å²) in [7, 11) is 0. The fourth-order valence-corrected chi connectivity index (χ4v) is 2.80. The van der Waals surface area contributed by atoms with E-state index in [0.717, 1.165) is 0 Å². The van der Waals surface area contributed by atoms with Gasteiger partial charge in [0.2, 0.25) is 6.79 Å². The monoisotopic (exact) mass is 362 g/mol. The van der Waals surface area contributed by atoms with Crippen LogP contribution in [0.25, 0.3) is 0 Å². The van der Waals surface area contributed by atoms with Crippen molar-refractivity contribution in [3.8, 4) is 11.5 Å². The van der Waals surface area contributed by atoms with E-state index in [1.54, 1.807) is 25.1 Å². The van der Waals surface area contributed by atoms with Gasteiger partial charge in [0.1, 0.15) is 6.61 Å². The largest absolute Gasteiger partial charge is 0.460 e. The molecule has 0 bridgehead atoms. The third kappa shape index (κ3) is 3.91. The lowest BCUT2D eigenvalue weighted by Gasteiger charge is -2.28. The highest BCUT2D eigenvalue weighted by molar-refractivity contribution is 5.95. The minimum Gasteiger partial charge on any atom is -0.460 e. The lowest BCUT2D eigenvalue weighted by Crippen LogP contribution is -2.45. The molecular weight excluding hydrogens is 340 g/mol. The molecule has 2 N–H and O–H groups in total. The molecule has 1 atom stereocenters. The molecule has 0 aromatic heterocycles. The number of amides is 2. The van der Waals surface area contributed by atoms with Gasteiger partial charge in [-0.1, -0.05) is 6.07 Å². The van der Waals surface area contributed by atoms with Crippen LogP contribution >= 0.6 is 0 Å². The van der Waals surface area contributed by atoms with Crippen LogP contribution in [0.4, 0.5) is 4.79 Å². The van der Waals surface area contributed by atoms with Crippen molar-refractivity contribution in [1.29, 1.82) is 0 Å². The third-order valence-corrected chi connectivity index (χ3v) is 3.99. The fourth-order valence-electron chi connectivity index (χ4n) is 2.80. The van der Waals surface area contributed by atoms with Crippen molar-refractivity contribution in [2.45, 2.75) is 32.9 Å². The minimum absolute atomic E-state index is 0.0617. The molecule has 2 aliphatic heterocycles. The van der Waals surface area contributed by atoms with Crippen molar-refractivity contribution in [2.24, 2.45) is 0 Å². The summed E-state index contributed by atoms with van der Waals surface area (Å²) in [5.41, 5.74) is 1.49. The molecule has 1 aromatic carbocycles. The highest BCUT2D eigenvalue weighted by atomic mass is 16.7. The zero-order chi connectivity index (χ0) is 18.7. The summed E-state index contributed by atoms with van der Waals surface area (Å²) in [6.45, 7) is 6.08. The highest BCUT2D eigenvalue weighted by Crippen LogP contribution is 2.36. The van der Waals surface area contributed by atoms with Gasteiger partial charge in [0.05, 0.1) is 24.3 Å². The van der Waals surface area contributed by atoms with E-state index in [1.807, 2.05) is 13.8 Å². The van der Waals surface area contributed by atoms with Gasteiger partial charge < -0.3 is 29.6 Å². The van der Waals surface area contributed by atoms with E-state index in [9.17, 15) is 9.59 Å². The maximum atomic E-state index is 12.6. The van der Waals surface area contributed by atoms with Gasteiger partial charge in [-0.3, -0.25) is 0 Å². The zero-order valence-corrected chi connectivity index (χ0v) is 15.0. The van der Waals surface area contributed by atoms with Crippen LogP contribution in [0.5, 0.6) is 11.5 Å². The van der Waals surface area contributed by atoms with Crippen molar-refractivity contribution in [1.82, 2.24) is 10.6 Å². The molecule has 0 saturated carbocycles. The van der Waals surface area contributed by atoms with Crippen molar-refractivity contribution in [2.75, 3.05) is 20.0 Å². The molecule has 0 fully saturated rings. The van der Waals surface area contributed by atoms with Crippen molar-refractivity contribution < 1.29 is 28.5 Å². The van der Waals surface area contributed by atoms with Crippen LogP contribution in [0.15, 0.2) is 29.5 Å². The average Bonchev–Trinajstić information content (AvgIpc) is 3.05. The van der Waals surface area contributed by atoms with E-state index < -0.39 is 12.0 Å². The third-order valence-electron chi connectivity index (χ3n) is 3.99. The first-order valence-corrected chi connectivity index (χ1v) is 8.42. The molecular formula is C18H22N2O6. The molecule has 1 aromatic rings. The van der Waals surface area contributed by atoms with Crippen LogP contribution in [0.2, 0.25) is 0 Å². The summed E-state index contributed by atoms with van der Waals surface area (Å²) in [5, 5.41) is 5.37. The Morgan fingerprint density at radius 1 is 1.27 bits per heavy atom. The number of esters is 1. The molecule has 0 saturated heterocycles. The number of rotatable bonds is 6. The molecule has 2 aliphatic rings. The molecule has 2 amide bonds. The maximum absolute atomic E-state index is 12.6. The molecule has 8 nitrogen and oxygen atoms in total. The van der Waals surface area contributed by atoms with Crippen LogP contribution in [0.1, 0.15) is 32.4 Å². The van der Waals surface area contributed by atoms with Crippen LogP contribution in [-0.2, 0) is 14.3 Å². The smallest absolute Gasteiger partial charge is 0.338 e. The second kappa shape index (κ2) is 7.65. The summed E-state index contributed by atoms with van der Waals surface area (Å²) in [6, 6.07) is 4.26. The Morgan fingerprint density at radius 3 is 2.81 bits per heavy atom.